The monoisotopic (exact) mass is 194 g/mol. The van der Waals surface area contributed by atoms with E-state index in [9.17, 15) is 0 Å². The molecule has 0 spiro atoms. The van der Waals surface area contributed by atoms with Crippen LogP contribution in [0.4, 0.5) is 5.82 Å². The molecule has 0 fully saturated rings. The highest BCUT2D eigenvalue weighted by molar-refractivity contribution is 7.80. The molecule has 0 amide bonds. The summed E-state index contributed by atoms with van der Waals surface area (Å²) >= 11 is 4.80. The molecule has 0 saturated carbocycles. The van der Waals surface area contributed by atoms with Crippen molar-refractivity contribution in [2.45, 2.75) is 0 Å². The largest absolute Gasteiger partial charge is 0.388 e. The molecule has 13 heavy (non-hydrogen) atoms. The van der Waals surface area contributed by atoms with Crippen LogP contribution in [0.2, 0.25) is 0 Å². The van der Waals surface area contributed by atoms with E-state index in [1.54, 1.807) is 0 Å². The van der Waals surface area contributed by atoms with Gasteiger partial charge in [0.15, 0.2) is 5.65 Å². The van der Waals surface area contributed by atoms with E-state index in [-0.39, 0.29) is 4.99 Å². The molecule has 2 rings (SSSR count). The molecule has 7 heteroatoms. The second-order valence-corrected chi connectivity index (χ2v) is 2.86. The number of thiocarbonyl (C=S) groups is 1. The lowest BCUT2D eigenvalue weighted by molar-refractivity contribution is 1.08. The first-order chi connectivity index (χ1) is 6.20. The fraction of sp³-hybridized carbons (Fsp3) is 0. The van der Waals surface area contributed by atoms with E-state index in [0.29, 0.717) is 22.5 Å². The number of H-pyrrole nitrogens is 1. The van der Waals surface area contributed by atoms with Crippen LogP contribution in [0.1, 0.15) is 5.69 Å². The minimum atomic E-state index is 0.198. The third-order valence-corrected chi connectivity index (χ3v) is 1.83. The van der Waals surface area contributed by atoms with Gasteiger partial charge in [-0.1, -0.05) is 12.2 Å². The smallest absolute Gasteiger partial charge is 0.186 e. The summed E-state index contributed by atoms with van der Waals surface area (Å²) < 4.78 is 0. The molecular weight excluding hydrogens is 188 g/mol. The average molecular weight is 194 g/mol. The Morgan fingerprint density at radius 1 is 1.46 bits per heavy atom. The van der Waals surface area contributed by atoms with Gasteiger partial charge >= 0.3 is 0 Å². The van der Waals surface area contributed by atoms with Crippen molar-refractivity contribution in [3.8, 4) is 0 Å². The fourth-order valence-electron chi connectivity index (χ4n) is 1.06. The van der Waals surface area contributed by atoms with E-state index < -0.39 is 0 Å². The minimum absolute atomic E-state index is 0.198. The van der Waals surface area contributed by atoms with Crippen LogP contribution in [0, 0.1) is 0 Å². The molecule has 66 valence electrons. The highest BCUT2D eigenvalue weighted by Crippen LogP contribution is 2.17. The van der Waals surface area contributed by atoms with Crippen molar-refractivity contribution in [3.63, 3.8) is 0 Å². The highest BCUT2D eigenvalue weighted by Gasteiger charge is 2.11. The lowest BCUT2D eigenvalue weighted by Gasteiger charge is -1.95. The second-order valence-electron chi connectivity index (χ2n) is 2.42. The van der Waals surface area contributed by atoms with Crippen molar-refractivity contribution in [2.75, 3.05) is 5.73 Å². The topological polar surface area (TPSA) is 106 Å². The number of aromatic nitrogens is 4. The quantitative estimate of drug-likeness (QED) is 0.532. The van der Waals surface area contributed by atoms with Gasteiger partial charge in [0.2, 0.25) is 0 Å². The number of rotatable bonds is 1. The van der Waals surface area contributed by atoms with Crippen molar-refractivity contribution < 1.29 is 0 Å². The van der Waals surface area contributed by atoms with E-state index in [1.165, 1.54) is 6.33 Å². The molecule has 5 N–H and O–H groups in total. The molecule has 0 atom stereocenters. The summed E-state index contributed by atoms with van der Waals surface area (Å²) in [5.41, 5.74) is 12.0. The van der Waals surface area contributed by atoms with Crippen LogP contribution >= 0.6 is 12.2 Å². The van der Waals surface area contributed by atoms with Crippen LogP contribution in [0.3, 0.4) is 0 Å². The van der Waals surface area contributed by atoms with Crippen LogP contribution in [0.15, 0.2) is 6.33 Å². The maximum absolute atomic E-state index is 5.61. The van der Waals surface area contributed by atoms with Gasteiger partial charge in [0.25, 0.3) is 0 Å². The Labute approximate surface area is 78.4 Å². The number of anilines is 1. The van der Waals surface area contributed by atoms with Gasteiger partial charge in [0.1, 0.15) is 22.8 Å². The first-order valence-electron chi connectivity index (χ1n) is 3.44. The van der Waals surface area contributed by atoms with Gasteiger partial charge in [-0.3, -0.25) is 5.10 Å². The maximum atomic E-state index is 5.61. The predicted octanol–water partition coefficient (Wildman–Crippen LogP) is -0.431. The van der Waals surface area contributed by atoms with Gasteiger partial charge in [-0.05, 0) is 0 Å². The van der Waals surface area contributed by atoms with Gasteiger partial charge < -0.3 is 11.5 Å². The maximum Gasteiger partial charge on any atom is 0.186 e. The summed E-state index contributed by atoms with van der Waals surface area (Å²) in [4.78, 5) is 7.91. The van der Waals surface area contributed by atoms with Gasteiger partial charge in [0, 0.05) is 0 Å². The van der Waals surface area contributed by atoms with Gasteiger partial charge in [-0.25, -0.2) is 9.97 Å². The van der Waals surface area contributed by atoms with Crippen LogP contribution in [0.25, 0.3) is 11.0 Å². The van der Waals surface area contributed by atoms with Crippen LogP contribution in [-0.4, -0.2) is 25.2 Å². The molecule has 0 aliphatic carbocycles. The van der Waals surface area contributed by atoms with Crippen molar-refractivity contribution in [2.24, 2.45) is 5.73 Å². The van der Waals surface area contributed by atoms with Crippen molar-refractivity contribution in [3.05, 3.63) is 12.0 Å². The molecule has 0 saturated heterocycles. The summed E-state index contributed by atoms with van der Waals surface area (Å²) in [6.45, 7) is 0. The van der Waals surface area contributed by atoms with Crippen LogP contribution in [0.5, 0.6) is 0 Å². The normalized spacial score (nSPS) is 10.5. The molecule has 2 aromatic heterocycles. The number of aromatic amines is 1. The highest BCUT2D eigenvalue weighted by atomic mass is 32.1. The van der Waals surface area contributed by atoms with E-state index in [0.717, 1.165) is 0 Å². The molecule has 0 aromatic carbocycles. The Hall–Kier alpha value is -1.76. The first-order valence-corrected chi connectivity index (χ1v) is 3.85. The number of nitrogens with zero attached hydrogens (tertiary/aromatic N) is 3. The minimum Gasteiger partial charge on any atom is -0.388 e. The van der Waals surface area contributed by atoms with E-state index in [4.69, 9.17) is 23.7 Å². The van der Waals surface area contributed by atoms with E-state index in [2.05, 4.69) is 20.2 Å². The Morgan fingerprint density at radius 2 is 2.23 bits per heavy atom. The molecule has 0 aliphatic rings. The Bertz CT molecular complexity index is 475. The number of hydrogen-bond donors (Lipinski definition) is 3. The first kappa shape index (κ1) is 7.87. The number of nitrogens with one attached hydrogen (secondary N) is 1. The summed E-state index contributed by atoms with van der Waals surface area (Å²) in [7, 11) is 0. The van der Waals surface area contributed by atoms with Crippen molar-refractivity contribution in [1.29, 1.82) is 0 Å². The molecule has 0 aliphatic heterocycles. The molecule has 6 nitrogen and oxygen atoms in total. The van der Waals surface area contributed by atoms with Gasteiger partial charge in [0.05, 0.1) is 5.39 Å². The molecule has 2 aromatic rings. The van der Waals surface area contributed by atoms with Crippen molar-refractivity contribution in [1.82, 2.24) is 20.2 Å². The zero-order valence-electron chi connectivity index (χ0n) is 6.48. The fourth-order valence-corrected chi connectivity index (χ4v) is 1.20. The van der Waals surface area contributed by atoms with Crippen LogP contribution in [-0.2, 0) is 0 Å². The van der Waals surface area contributed by atoms with Crippen LogP contribution < -0.4 is 11.5 Å². The predicted molar refractivity (Wildman–Crippen MR) is 52.0 cm³/mol. The Balaban J connectivity index is 2.86. The third kappa shape index (κ3) is 1.09. The Morgan fingerprint density at radius 3 is 2.92 bits per heavy atom. The lowest BCUT2D eigenvalue weighted by Crippen LogP contribution is -2.11. The molecule has 0 unspecified atom stereocenters. The molecule has 0 radical (unpaired) electrons. The molecule has 2 heterocycles. The Kier molecular flexibility index (Phi) is 1.59. The van der Waals surface area contributed by atoms with Crippen molar-refractivity contribution >= 4 is 34.1 Å². The third-order valence-electron chi connectivity index (χ3n) is 1.63. The summed E-state index contributed by atoms with van der Waals surface area (Å²) in [5.74, 6) is 0.321. The molecule has 0 bridgehead atoms. The zero-order chi connectivity index (χ0) is 9.42. The standard InChI is InChI=1S/C6H6N6S/c7-4-2-3(5(8)13)11-12-6(2)10-1-9-4/h1H,(H2,8,13)(H3,7,9,10,11,12). The number of hydrogen-bond acceptors (Lipinski definition) is 5. The summed E-state index contributed by atoms with van der Waals surface area (Å²) in [5, 5.41) is 7.11. The van der Waals surface area contributed by atoms with E-state index >= 15 is 0 Å². The number of nitrogen functional groups attached to an aromatic ring is 1. The molecular formula is C6H6N6S. The summed E-state index contributed by atoms with van der Waals surface area (Å²) in [6, 6.07) is 0. The zero-order valence-corrected chi connectivity index (χ0v) is 7.30. The van der Waals surface area contributed by atoms with E-state index in [1.807, 2.05) is 0 Å². The van der Waals surface area contributed by atoms with Gasteiger partial charge in [-0.15, -0.1) is 0 Å². The second kappa shape index (κ2) is 2.63. The lowest BCUT2D eigenvalue weighted by atomic mass is 10.3. The summed E-state index contributed by atoms with van der Waals surface area (Å²) in [6.07, 6.45) is 1.34. The average Bonchev–Trinajstić information content (AvgIpc) is 2.49. The number of fused-ring (bicyclic) bond motifs is 1. The number of nitrogens with two attached hydrogens (primary N) is 2. The SMILES string of the molecule is NC(=S)c1[nH]nc2ncnc(N)c12. The van der Waals surface area contributed by atoms with Gasteiger partial charge in [-0.2, -0.15) is 5.10 Å².